The average molecular weight is 300 g/mol. The molecule has 9 nitrogen and oxygen atoms in total. The summed E-state index contributed by atoms with van der Waals surface area (Å²) in [5.74, 6) is -2.51. The molecule has 0 aliphatic carbocycles. The summed E-state index contributed by atoms with van der Waals surface area (Å²) in [4.78, 5) is 46.8. The predicted molar refractivity (Wildman–Crippen MR) is 72.0 cm³/mol. The lowest BCUT2D eigenvalue weighted by atomic mass is 10.2. The molecule has 0 saturated carbocycles. The van der Waals surface area contributed by atoms with Crippen molar-refractivity contribution >= 4 is 23.7 Å². The minimum atomic E-state index is -1.05. The van der Waals surface area contributed by atoms with E-state index in [1.165, 1.54) is 11.8 Å². The zero-order chi connectivity index (χ0) is 16.0. The van der Waals surface area contributed by atoms with Crippen LogP contribution in [0, 0.1) is 0 Å². The maximum absolute atomic E-state index is 11.9. The van der Waals surface area contributed by atoms with Gasteiger partial charge in [-0.2, -0.15) is 0 Å². The SMILES string of the molecule is C[C@H](NC(=O)CN)C(=O)NCC(=O)N1CCC[C@H]1C(=O)O. The zero-order valence-corrected chi connectivity index (χ0v) is 11.8. The summed E-state index contributed by atoms with van der Waals surface area (Å²) in [5.41, 5.74) is 5.11. The van der Waals surface area contributed by atoms with E-state index in [-0.39, 0.29) is 13.1 Å². The Morgan fingerprint density at radius 2 is 2.05 bits per heavy atom. The number of carboxylic acids is 1. The molecule has 5 N–H and O–H groups in total. The van der Waals surface area contributed by atoms with Crippen LogP contribution in [0.5, 0.6) is 0 Å². The number of amides is 3. The van der Waals surface area contributed by atoms with Gasteiger partial charge >= 0.3 is 5.97 Å². The Kier molecular flexibility index (Phi) is 6.10. The van der Waals surface area contributed by atoms with E-state index in [1.54, 1.807) is 0 Å². The van der Waals surface area contributed by atoms with Crippen molar-refractivity contribution in [2.24, 2.45) is 5.73 Å². The molecule has 1 aliphatic heterocycles. The van der Waals surface area contributed by atoms with Crippen LogP contribution in [-0.2, 0) is 19.2 Å². The molecule has 3 amide bonds. The maximum atomic E-state index is 11.9. The van der Waals surface area contributed by atoms with Gasteiger partial charge in [0.1, 0.15) is 12.1 Å². The van der Waals surface area contributed by atoms with E-state index in [0.29, 0.717) is 19.4 Å². The quantitative estimate of drug-likeness (QED) is 0.432. The summed E-state index contributed by atoms with van der Waals surface area (Å²) in [6.07, 6.45) is 1.04. The highest BCUT2D eigenvalue weighted by atomic mass is 16.4. The fraction of sp³-hybridized carbons (Fsp3) is 0.667. The van der Waals surface area contributed by atoms with Crippen molar-refractivity contribution in [3.05, 3.63) is 0 Å². The first-order chi connectivity index (χ1) is 9.86. The number of carbonyl (C=O) groups is 4. The summed E-state index contributed by atoms with van der Waals surface area (Å²) >= 11 is 0. The van der Waals surface area contributed by atoms with Gasteiger partial charge < -0.3 is 26.4 Å². The van der Waals surface area contributed by atoms with Gasteiger partial charge in [0.2, 0.25) is 17.7 Å². The van der Waals surface area contributed by atoms with Crippen LogP contribution in [0.3, 0.4) is 0 Å². The van der Waals surface area contributed by atoms with E-state index in [4.69, 9.17) is 10.8 Å². The van der Waals surface area contributed by atoms with Gasteiger partial charge in [-0.25, -0.2) is 4.79 Å². The van der Waals surface area contributed by atoms with Crippen molar-refractivity contribution in [2.75, 3.05) is 19.6 Å². The Labute approximate surface area is 121 Å². The fourth-order valence-corrected chi connectivity index (χ4v) is 2.11. The molecule has 0 unspecified atom stereocenters. The number of carboxylic acid groups (broad SMARTS) is 1. The molecule has 1 aliphatic rings. The zero-order valence-electron chi connectivity index (χ0n) is 11.8. The predicted octanol–water partition coefficient (Wildman–Crippen LogP) is -2.36. The van der Waals surface area contributed by atoms with Crippen molar-refractivity contribution in [3.8, 4) is 0 Å². The van der Waals surface area contributed by atoms with Crippen molar-refractivity contribution in [2.45, 2.75) is 31.8 Å². The number of nitrogens with zero attached hydrogens (tertiary/aromatic N) is 1. The Hall–Kier alpha value is -2.16. The summed E-state index contributed by atoms with van der Waals surface area (Å²) in [6.45, 7) is 1.30. The average Bonchev–Trinajstić information content (AvgIpc) is 2.93. The van der Waals surface area contributed by atoms with Gasteiger partial charge in [0.15, 0.2) is 0 Å². The highest BCUT2D eigenvalue weighted by Crippen LogP contribution is 2.17. The smallest absolute Gasteiger partial charge is 0.326 e. The largest absolute Gasteiger partial charge is 0.480 e. The fourth-order valence-electron chi connectivity index (χ4n) is 2.11. The molecule has 0 radical (unpaired) electrons. The van der Waals surface area contributed by atoms with Crippen LogP contribution in [0.25, 0.3) is 0 Å². The van der Waals surface area contributed by atoms with Gasteiger partial charge in [0, 0.05) is 6.54 Å². The molecule has 2 atom stereocenters. The second-order valence-electron chi connectivity index (χ2n) is 4.79. The third-order valence-corrected chi connectivity index (χ3v) is 3.23. The molecule has 1 fully saturated rings. The summed E-state index contributed by atoms with van der Waals surface area (Å²) in [7, 11) is 0. The highest BCUT2D eigenvalue weighted by molar-refractivity contribution is 5.91. The van der Waals surface area contributed by atoms with Gasteiger partial charge in [0.05, 0.1) is 13.1 Å². The molecule has 0 aromatic carbocycles. The van der Waals surface area contributed by atoms with E-state index in [1.807, 2.05) is 0 Å². The lowest BCUT2D eigenvalue weighted by Gasteiger charge is -2.22. The lowest BCUT2D eigenvalue weighted by Crippen LogP contribution is -2.50. The number of carbonyl (C=O) groups excluding carboxylic acids is 3. The van der Waals surface area contributed by atoms with Crippen molar-refractivity contribution in [3.63, 3.8) is 0 Å². The summed E-state index contributed by atoms with van der Waals surface area (Å²) in [6, 6.07) is -1.65. The summed E-state index contributed by atoms with van der Waals surface area (Å²) in [5, 5.41) is 13.7. The minimum absolute atomic E-state index is 0.232. The number of likely N-dealkylation sites (tertiary alicyclic amines) is 1. The molecule has 9 heteroatoms. The van der Waals surface area contributed by atoms with Gasteiger partial charge in [-0.15, -0.1) is 0 Å². The molecule has 0 bridgehead atoms. The van der Waals surface area contributed by atoms with Crippen LogP contribution in [0.15, 0.2) is 0 Å². The van der Waals surface area contributed by atoms with E-state index in [9.17, 15) is 19.2 Å². The van der Waals surface area contributed by atoms with Gasteiger partial charge in [-0.3, -0.25) is 14.4 Å². The van der Waals surface area contributed by atoms with Crippen LogP contribution >= 0.6 is 0 Å². The van der Waals surface area contributed by atoms with Gasteiger partial charge in [-0.05, 0) is 19.8 Å². The third kappa shape index (κ3) is 4.71. The molecule has 1 saturated heterocycles. The van der Waals surface area contributed by atoms with Crippen LogP contribution in [0.4, 0.5) is 0 Å². The van der Waals surface area contributed by atoms with Crippen LogP contribution < -0.4 is 16.4 Å². The molecule has 1 heterocycles. The Balaban J connectivity index is 2.43. The minimum Gasteiger partial charge on any atom is -0.480 e. The first kappa shape index (κ1) is 16.9. The van der Waals surface area contributed by atoms with Crippen molar-refractivity contribution in [1.29, 1.82) is 0 Å². The monoisotopic (exact) mass is 300 g/mol. The number of aliphatic carboxylic acids is 1. The molecule has 0 aromatic rings. The van der Waals surface area contributed by atoms with Crippen LogP contribution in [0.1, 0.15) is 19.8 Å². The number of hydrogen-bond acceptors (Lipinski definition) is 5. The van der Waals surface area contributed by atoms with E-state index < -0.39 is 35.8 Å². The number of nitrogens with one attached hydrogen (secondary N) is 2. The Morgan fingerprint density at radius 1 is 1.38 bits per heavy atom. The standard InChI is InChI=1S/C12H20N4O5/c1-7(15-9(17)5-13)11(19)14-6-10(18)16-4-2-3-8(16)12(20)21/h7-8H,2-6,13H2,1H3,(H,14,19)(H,15,17)(H,20,21)/t7-,8-/m0/s1. The number of hydrogen-bond donors (Lipinski definition) is 4. The molecule has 21 heavy (non-hydrogen) atoms. The van der Waals surface area contributed by atoms with Crippen LogP contribution in [0.2, 0.25) is 0 Å². The van der Waals surface area contributed by atoms with Crippen molar-refractivity contribution in [1.82, 2.24) is 15.5 Å². The highest BCUT2D eigenvalue weighted by Gasteiger charge is 2.33. The normalized spacial score (nSPS) is 19.0. The Bertz CT molecular complexity index is 439. The molecular weight excluding hydrogens is 280 g/mol. The topological polar surface area (TPSA) is 142 Å². The van der Waals surface area contributed by atoms with Crippen LogP contribution in [-0.4, -0.2) is 65.4 Å². The first-order valence-corrected chi connectivity index (χ1v) is 6.66. The maximum Gasteiger partial charge on any atom is 0.326 e. The number of rotatable bonds is 6. The first-order valence-electron chi connectivity index (χ1n) is 6.66. The number of nitrogens with two attached hydrogens (primary N) is 1. The van der Waals surface area contributed by atoms with E-state index >= 15 is 0 Å². The Morgan fingerprint density at radius 3 is 2.62 bits per heavy atom. The molecule has 118 valence electrons. The second kappa shape index (κ2) is 7.58. The molecule has 0 aromatic heterocycles. The summed E-state index contributed by atoms with van der Waals surface area (Å²) < 4.78 is 0. The lowest BCUT2D eigenvalue weighted by molar-refractivity contribution is -0.148. The van der Waals surface area contributed by atoms with Crippen molar-refractivity contribution < 1.29 is 24.3 Å². The van der Waals surface area contributed by atoms with E-state index in [2.05, 4.69) is 10.6 Å². The third-order valence-electron chi connectivity index (χ3n) is 3.23. The molecular formula is C12H20N4O5. The molecule has 0 spiro atoms. The van der Waals surface area contributed by atoms with E-state index in [0.717, 1.165) is 0 Å². The van der Waals surface area contributed by atoms with Gasteiger partial charge in [0.25, 0.3) is 0 Å². The van der Waals surface area contributed by atoms with Gasteiger partial charge in [-0.1, -0.05) is 0 Å². The molecule has 1 rings (SSSR count). The second-order valence-corrected chi connectivity index (χ2v) is 4.79.